The summed E-state index contributed by atoms with van der Waals surface area (Å²) in [5.74, 6) is 0.439. The van der Waals surface area contributed by atoms with Gasteiger partial charge < -0.3 is 5.32 Å². The molecule has 0 spiro atoms. The Morgan fingerprint density at radius 3 is 2.70 bits per heavy atom. The number of halogens is 1. The summed E-state index contributed by atoms with van der Waals surface area (Å²) < 4.78 is 1.67. The second-order valence-electron chi connectivity index (χ2n) is 6.28. The van der Waals surface area contributed by atoms with Crippen molar-refractivity contribution < 1.29 is 4.79 Å². The van der Waals surface area contributed by atoms with Crippen LogP contribution in [0.25, 0.3) is 16.7 Å². The smallest absolute Gasteiger partial charge is 0.259 e. The van der Waals surface area contributed by atoms with E-state index < -0.39 is 0 Å². The van der Waals surface area contributed by atoms with Crippen molar-refractivity contribution in [3.63, 3.8) is 0 Å². The number of carbonyl (C=O) groups is 1. The molecule has 2 aromatic heterocycles. The minimum atomic E-state index is -0.232. The maximum Gasteiger partial charge on any atom is 0.259 e. The Kier molecular flexibility index (Phi) is 4.38. The van der Waals surface area contributed by atoms with Crippen LogP contribution < -0.4 is 5.32 Å². The highest BCUT2D eigenvalue weighted by Crippen LogP contribution is 2.24. The molecule has 0 fully saturated rings. The molecule has 5 nitrogen and oxygen atoms in total. The molecule has 27 heavy (non-hydrogen) atoms. The average molecular weight is 377 g/mol. The second kappa shape index (κ2) is 6.85. The minimum absolute atomic E-state index is 0.232. The van der Waals surface area contributed by atoms with Crippen molar-refractivity contribution in [2.24, 2.45) is 0 Å². The van der Waals surface area contributed by atoms with Crippen molar-refractivity contribution in [2.75, 3.05) is 5.32 Å². The van der Waals surface area contributed by atoms with Crippen LogP contribution in [0.1, 0.15) is 21.6 Å². The van der Waals surface area contributed by atoms with Crippen LogP contribution in [0.2, 0.25) is 5.02 Å². The molecule has 2 heterocycles. The normalized spacial score (nSPS) is 10.9. The van der Waals surface area contributed by atoms with Gasteiger partial charge in [0, 0.05) is 16.1 Å². The predicted molar refractivity (Wildman–Crippen MR) is 108 cm³/mol. The highest BCUT2D eigenvalue weighted by Gasteiger charge is 2.17. The summed E-state index contributed by atoms with van der Waals surface area (Å²) in [6, 6.07) is 17.2. The summed E-state index contributed by atoms with van der Waals surface area (Å²) in [6.45, 7) is 3.72. The Labute approximate surface area is 161 Å². The summed E-state index contributed by atoms with van der Waals surface area (Å²) in [7, 11) is 0. The molecule has 0 aliphatic heterocycles. The van der Waals surface area contributed by atoms with Crippen LogP contribution in [0.15, 0.2) is 60.8 Å². The molecule has 0 unspecified atom stereocenters. The Morgan fingerprint density at radius 1 is 1.04 bits per heavy atom. The zero-order chi connectivity index (χ0) is 19.0. The summed E-state index contributed by atoms with van der Waals surface area (Å²) >= 11 is 6.13. The third-order valence-electron chi connectivity index (χ3n) is 4.57. The molecule has 1 N–H and O–H groups in total. The Bertz CT molecular complexity index is 1170. The van der Waals surface area contributed by atoms with Gasteiger partial charge in [-0.2, -0.15) is 5.10 Å². The number of fused-ring (bicyclic) bond motifs is 1. The molecule has 0 aliphatic rings. The number of hydrogen-bond donors (Lipinski definition) is 1. The molecule has 0 saturated carbocycles. The lowest BCUT2D eigenvalue weighted by molar-refractivity contribution is 0.102. The highest BCUT2D eigenvalue weighted by atomic mass is 35.5. The van der Waals surface area contributed by atoms with Gasteiger partial charge in [0.1, 0.15) is 0 Å². The van der Waals surface area contributed by atoms with Gasteiger partial charge in [0.25, 0.3) is 5.91 Å². The molecule has 134 valence electrons. The number of nitrogens with zero attached hydrogens (tertiary/aromatic N) is 3. The lowest BCUT2D eigenvalue weighted by Crippen LogP contribution is -2.14. The maximum atomic E-state index is 12.7. The average Bonchev–Trinajstić information content (AvgIpc) is 3.06. The number of hydrogen-bond acceptors (Lipinski definition) is 3. The van der Waals surface area contributed by atoms with Gasteiger partial charge in [-0.05, 0) is 49.7 Å². The van der Waals surface area contributed by atoms with Crippen LogP contribution in [0.4, 0.5) is 5.69 Å². The molecule has 0 radical (unpaired) electrons. The van der Waals surface area contributed by atoms with Crippen LogP contribution >= 0.6 is 11.6 Å². The topological polar surface area (TPSA) is 59.8 Å². The van der Waals surface area contributed by atoms with Crippen LogP contribution in [0.5, 0.6) is 0 Å². The van der Waals surface area contributed by atoms with E-state index in [4.69, 9.17) is 11.6 Å². The maximum absolute atomic E-state index is 12.7. The molecule has 2 aromatic carbocycles. The first kappa shape index (κ1) is 17.2. The third kappa shape index (κ3) is 3.17. The SMILES string of the molecule is Cc1c(Cl)cccc1NC(=O)c1cnn(-c2ccc3ccccc3n2)c1C. The number of rotatable bonds is 3. The van der Waals surface area contributed by atoms with Gasteiger partial charge in [0.05, 0.1) is 23.0 Å². The van der Waals surface area contributed by atoms with Crippen molar-refractivity contribution >= 4 is 34.1 Å². The van der Waals surface area contributed by atoms with Crippen LogP contribution in [0.3, 0.4) is 0 Å². The summed E-state index contributed by atoms with van der Waals surface area (Å²) in [5.41, 5.74) is 3.60. The van der Waals surface area contributed by atoms with E-state index >= 15 is 0 Å². The fraction of sp³-hybridized carbons (Fsp3) is 0.0952. The fourth-order valence-electron chi connectivity index (χ4n) is 2.97. The molecule has 4 rings (SSSR count). The number of aromatic nitrogens is 3. The molecule has 4 aromatic rings. The highest BCUT2D eigenvalue weighted by molar-refractivity contribution is 6.31. The third-order valence-corrected chi connectivity index (χ3v) is 4.98. The first-order valence-electron chi connectivity index (χ1n) is 8.52. The standard InChI is InChI=1S/C21H17ClN4O/c1-13-17(22)7-5-9-18(13)25-21(27)16-12-23-26(14(16)2)20-11-10-15-6-3-4-8-19(15)24-20/h3-12H,1-2H3,(H,25,27). The number of benzene rings is 2. The number of nitrogens with one attached hydrogen (secondary N) is 1. The molecule has 0 aliphatic carbocycles. The van der Waals surface area contributed by atoms with Gasteiger partial charge in [0.15, 0.2) is 5.82 Å². The van der Waals surface area contributed by atoms with Gasteiger partial charge in [-0.15, -0.1) is 0 Å². The molecule has 6 heteroatoms. The van der Waals surface area contributed by atoms with E-state index in [-0.39, 0.29) is 5.91 Å². The first-order chi connectivity index (χ1) is 13.0. The molecule has 0 atom stereocenters. The van der Waals surface area contributed by atoms with E-state index in [2.05, 4.69) is 15.4 Å². The predicted octanol–water partition coefficient (Wildman–Crippen LogP) is 4.94. The Morgan fingerprint density at radius 2 is 1.85 bits per heavy atom. The number of para-hydroxylation sites is 1. The lowest BCUT2D eigenvalue weighted by atomic mass is 10.2. The lowest BCUT2D eigenvalue weighted by Gasteiger charge is -2.09. The zero-order valence-corrected chi connectivity index (χ0v) is 15.7. The van der Waals surface area contributed by atoms with Crippen molar-refractivity contribution in [1.82, 2.24) is 14.8 Å². The molecular formula is C21H17ClN4O. The number of amides is 1. The largest absolute Gasteiger partial charge is 0.322 e. The molecule has 1 amide bonds. The first-order valence-corrected chi connectivity index (χ1v) is 8.89. The van der Waals surface area contributed by atoms with E-state index in [1.54, 1.807) is 23.0 Å². The second-order valence-corrected chi connectivity index (χ2v) is 6.69. The summed E-state index contributed by atoms with van der Waals surface area (Å²) in [6.07, 6.45) is 1.56. The van der Waals surface area contributed by atoms with Crippen molar-refractivity contribution in [2.45, 2.75) is 13.8 Å². The zero-order valence-electron chi connectivity index (χ0n) is 14.9. The van der Waals surface area contributed by atoms with Crippen molar-refractivity contribution in [3.8, 4) is 5.82 Å². The van der Waals surface area contributed by atoms with Crippen LogP contribution in [0, 0.1) is 13.8 Å². The molecular weight excluding hydrogens is 360 g/mol. The Hall–Kier alpha value is -3.18. The minimum Gasteiger partial charge on any atom is -0.322 e. The monoisotopic (exact) mass is 376 g/mol. The van der Waals surface area contributed by atoms with Gasteiger partial charge in [-0.25, -0.2) is 9.67 Å². The van der Waals surface area contributed by atoms with Gasteiger partial charge in [-0.3, -0.25) is 4.79 Å². The van der Waals surface area contributed by atoms with Gasteiger partial charge in [0.2, 0.25) is 0 Å². The van der Waals surface area contributed by atoms with Crippen LogP contribution in [-0.2, 0) is 0 Å². The van der Waals surface area contributed by atoms with Crippen LogP contribution in [-0.4, -0.2) is 20.7 Å². The van der Waals surface area contributed by atoms with Gasteiger partial charge in [-0.1, -0.05) is 35.9 Å². The van der Waals surface area contributed by atoms with Crippen molar-refractivity contribution in [1.29, 1.82) is 0 Å². The van der Waals surface area contributed by atoms with E-state index in [1.807, 2.05) is 56.3 Å². The number of anilines is 1. The quantitative estimate of drug-likeness (QED) is 0.550. The number of carbonyl (C=O) groups excluding carboxylic acids is 1. The molecule has 0 bridgehead atoms. The van der Waals surface area contributed by atoms with E-state index in [9.17, 15) is 4.79 Å². The van der Waals surface area contributed by atoms with E-state index in [1.165, 1.54) is 0 Å². The van der Waals surface area contributed by atoms with Crippen molar-refractivity contribution in [3.05, 3.63) is 82.6 Å². The summed E-state index contributed by atoms with van der Waals surface area (Å²) in [5, 5.41) is 8.94. The van der Waals surface area contributed by atoms with E-state index in [0.717, 1.165) is 22.2 Å². The van der Waals surface area contributed by atoms with E-state index in [0.29, 0.717) is 22.1 Å². The fourth-order valence-corrected chi connectivity index (χ4v) is 3.14. The molecule has 0 saturated heterocycles. The summed E-state index contributed by atoms with van der Waals surface area (Å²) in [4.78, 5) is 17.4. The Balaban J connectivity index is 1.66. The number of pyridine rings is 1. The van der Waals surface area contributed by atoms with Gasteiger partial charge >= 0.3 is 0 Å².